The van der Waals surface area contributed by atoms with Crippen molar-refractivity contribution in [3.05, 3.63) is 71.3 Å². The lowest BCUT2D eigenvalue weighted by atomic mass is 10.0. The Hall–Kier alpha value is -2.37. The first-order valence-corrected chi connectivity index (χ1v) is 11.8. The van der Waals surface area contributed by atoms with Crippen LogP contribution in [0, 0.1) is 0 Å². The molecule has 2 aliphatic rings. The zero-order chi connectivity index (χ0) is 21.3. The Morgan fingerprint density at radius 2 is 1.39 bits per heavy atom. The van der Waals surface area contributed by atoms with E-state index >= 15 is 0 Å². The molecule has 0 saturated carbocycles. The van der Waals surface area contributed by atoms with E-state index in [4.69, 9.17) is 0 Å². The number of piperidine rings is 1. The van der Waals surface area contributed by atoms with Gasteiger partial charge < -0.3 is 10.6 Å². The fraction of sp³-hybridized carbons (Fsp3) is 0.500. The molecule has 0 amide bonds. The highest BCUT2D eigenvalue weighted by Gasteiger charge is 2.20. The number of guanidine groups is 1. The monoisotopic (exact) mass is 419 g/mol. The molecule has 5 nitrogen and oxygen atoms in total. The maximum absolute atomic E-state index is 4.44. The smallest absolute Gasteiger partial charge is 0.191 e. The van der Waals surface area contributed by atoms with E-state index in [1.165, 1.54) is 42.6 Å². The summed E-state index contributed by atoms with van der Waals surface area (Å²) in [4.78, 5) is 9.54. The summed E-state index contributed by atoms with van der Waals surface area (Å²) in [6, 6.07) is 20.3. The standard InChI is InChI=1S/C26H37N5/c1-27-26(28-19-22-9-11-24(12-10-22)21-30-15-5-6-16-30)29-25-13-17-31(18-14-25)20-23-7-3-2-4-8-23/h2-4,7-12,25H,5-6,13-21H2,1H3,(H2,27,28,29). The summed E-state index contributed by atoms with van der Waals surface area (Å²) in [6.45, 7) is 7.68. The summed E-state index contributed by atoms with van der Waals surface area (Å²) in [5, 5.41) is 7.12. The average Bonchev–Trinajstić information content (AvgIpc) is 3.32. The maximum atomic E-state index is 4.44. The van der Waals surface area contributed by atoms with Crippen LogP contribution in [0.4, 0.5) is 0 Å². The van der Waals surface area contributed by atoms with E-state index < -0.39 is 0 Å². The van der Waals surface area contributed by atoms with Crippen LogP contribution in [0.5, 0.6) is 0 Å². The Morgan fingerprint density at radius 3 is 2.03 bits per heavy atom. The molecule has 2 fully saturated rings. The molecular formula is C26H37N5. The fourth-order valence-electron chi connectivity index (χ4n) is 4.61. The molecule has 0 atom stereocenters. The van der Waals surface area contributed by atoms with Gasteiger partial charge >= 0.3 is 0 Å². The molecule has 166 valence electrons. The summed E-state index contributed by atoms with van der Waals surface area (Å²) in [6.07, 6.45) is 5.00. The molecule has 2 aromatic rings. The van der Waals surface area contributed by atoms with Crippen molar-refractivity contribution in [1.29, 1.82) is 0 Å². The molecule has 0 unspecified atom stereocenters. The minimum Gasteiger partial charge on any atom is -0.354 e. The highest BCUT2D eigenvalue weighted by molar-refractivity contribution is 5.79. The van der Waals surface area contributed by atoms with Gasteiger partial charge in [0.1, 0.15) is 0 Å². The molecule has 5 heteroatoms. The number of nitrogens with zero attached hydrogens (tertiary/aromatic N) is 3. The van der Waals surface area contributed by atoms with E-state index in [1.807, 2.05) is 7.05 Å². The molecule has 31 heavy (non-hydrogen) atoms. The van der Waals surface area contributed by atoms with Gasteiger partial charge in [0.05, 0.1) is 0 Å². The van der Waals surface area contributed by atoms with E-state index in [-0.39, 0.29) is 0 Å². The minimum atomic E-state index is 0.487. The van der Waals surface area contributed by atoms with Crippen molar-refractivity contribution in [2.45, 2.75) is 51.4 Å². The van der Waals surface area contributed by atoms with Crippen LogP contribution in [-0.4, -0.2) is 55.0 Å². The van der Waals surface area contributed by atoms with Gasteiger partial charge in [-0.3, -0.25) is 14.8 Å². The van der Waals surface area contributed by atoms with Crippen LogP contribution in [0.25, 0.3) is 0 Å². The predicted octanol–water partition coefficient (Wildman–Crippen LogP) is 3.61. The average molecular weight is 420 g/mol. The van der Waals surface area contributed by atoms with Crippen molar-refractivity contribution in [2.75, 3.05) is 33.2 Å². The van der Waals surface area contributed by atoms with E-state index in [2.05, 4.69) is 80.0 Å². The van der Waals surface area contributed by atoms with Crippen LogP contribution in [-0.2, 0) is 19.6 Å². The number of likely N-dealkylation sites (tertiary alicyclic amines) is 2. The third-order valence-corrected chi connectivity index (χ3v) is 6.49. The predicted molar refractivity (Wildman–Crippen MR) is 129 cm³/mol. The van der Waals surface area contributed by atoms with Gasteiger partial charge in [-0.05, 0) is 55.5 Å². The summed E-state index contributed by atoms with van der Waals surface area (Å²) in [5.41, 5.74) is 4.11. The second kappa shape index (κ2) is 11.3. The summed E-state index contributed by atoms with van der Waals surface area (Å²) in [5.74, 6) is 0.905. The Morgan fingerprint density at radius 1 is 0.806 bits per heavy atom. The van der Waals surface area contributed by atoms with Crippen LogP contribution in [0.15, 0.2) is 59.6 Å². The lowest BCUT2D eigenvalue weighted by Crippen LogP contribution is -2.48. The lowest BCUT2D eigenvalue weighted by molar-refractivity contribution is 0.198. The van der Waals surface area contributed by atoms with Crippen molar-refractivity contribution in [1.82, 2.24) is 20.4 Å². The first-order valence-electron chi connectivity index (χ1n) is 11.8. The van der Waals surface area contributed by atoms with E-state index in [0.29, 0.717) is 6.04 Å². The van der Waals surface area contributed by atoms with Crippen LogP contribution in [0.1, 0.15) is 42.4 Å². The first kappa shape index (κ1) is 21.8. The number of aliphatic imine (C=N–C) groups is 1. The van der Waals surface area contributed by atoms with Crippen LogP contribution in [0.3, 0.4) is 0 Å². The molecular weight excluding hydrogens is 382 g/mol. The zero-order valence-corrected chi connectivity index (χ0v) is 18.9. The van der Waals surface area contributed by atoms with Crippen molar-refractivity contribution in [3.8, 4) is 0 Å². The Kier molecular flexibility index (Phi) is 7.97. The molecule has 2 heterocycles. The van der Waals surface area contributed by atoms with Gasteiger partial charge in [-0.15, -0.1) is 0 Å². The fourth-order valence-corrected chi connectivity index (χ4v) is 4.61. The van der Waals surface area contributed by atoms with Crippen LogP contribution < -0.4 is 10.6 Å². The summed E-state index contributed by atoms with van der Waals surface area (Å²) >= 11 is 0. The number of hydrogen-bond donors (Lipinski definition) is 2. The maximum Gasteiger partial charge on any atom is 0.191 e. The van der Waals surface area contributed by atoms with E-state index in [1.54, 1.807) is 0 Å². The lowest BCUT2D eigenvalue weighted by Gasteiger charge is -2.33. The third kappa shape index (κ3) is 6.81. The highest BCUT2D eigenvalue weighted by atomic mass is 15.2. The van der Waals surface area contributed by atoms with Crippen molar-refractivity contribution < 1.29 is 0 Å². The third-order valence-electron chi connectivity index (χ3n) is 6.49. The Labute approximate surface area is 187 Å². The molecule has 0 radical (unpaired) electrons. The molecule has 2 aliphatic heterocycles. The Bertz CT molecular complexity index is 803. The molecule has 2 N–H and O–H groups in total. The van der Waals surface area contributed by atoms with Gasteiger partial charge in [0.15, 0.2) is 5.96 Å². The normalized spacial score (nSPS) is 18.9. The van der Waals surface area contributed by atoms with Gasteiger partial charge in [0, 0.05) is 45.8 Å². The number of rotatable bonds is 7. The molecule has 4 rings (SSSR count). The van der Waals surface area contributed by atoms with Crippen LogP contribution in [0.2, 0.25) is 0 Å². The number of hydrogen-bond acceptors (Lipinski definition) is 3. The summed E-state index contributed by atoms with van der Waals surface area (Å²) < 4.78 is 0. The van der Waals surface area contributed by atoms with Gasteiger partial charge in [-0.1, -0.05) is 54.6 Å². The first-order chi connectivity index (χ1) is 15.3. The van der Waals surface area contributed by atoms with Crippen molar-refractivity contribution in [2.24, 2.45) is 4.99 Å². The molecule has 0 aliphatic carbocycles. The second-order valence-corrected chi connectivity index (χ2v) is 8.91. The van der Waals surface area contributed by atoms with Crippen molar-refractivity contribution >= 4 is 5.96 Å². The highest BCUT2D eigenvalue weighted by Crippen LogP contribution is 2.15. The quantitative estimate of drug-likeness (QED) is 0.531. The van der Waals surface area contributed by atoms with Gasteiger partial charge in [-0.25, -0.2) is 0 Å². The van der Waals surface area contributed by atoms with Gasteiger partial charge in [-0.2, -0.15) is 0 Å². The number of benzene rings is 2. The van der Waals surface area contributed by atoms with Gasteiger partial charge in [0.25, 0.3) is 0 Å². The summed E-state index contributed by atoms with van der Waals surface area (Å²) in [7, 11) is 1.86. The molecule has 0 spiro atoms. The van der Waals surface area contributed by atoms with E-state index in [9.17, 15) is 0 Å². The largest absolute Gasteiger partial charge is 0.354 e. The number of nitrogens with one attached hydrogen (secondary N) is 2. The van der Waals surface area contributed by atoms with Crippen LogP contribution >= 0.6 is 0 Å². The van der Waals surface area contributed by atoms with Gasteiger partial charge in [0.2, 0.25) is 0 Å². The molecule has 2 saturated heterocycles. The zero-order valence-electron chi connectivity index (χ0n) is 18.9. The SMILES string of the molecule is CN=C(NCc1ccc(CN2CCCC2)cc1)NC1CCN(Cc2ccccc2)CC1. The van der Waals surface area contributed by atoms with E-state index in [0.717, 1.165) is 51.5 Å². The molecule has 0 bridgehead atoms. The minimum absolute atomic E-state index is 0.487. The topological polar surface area (TPSA) is 42.9 Å². The second-order valence-electron chi connectivity index (χ2n) is 8.91. The molecule has 0 aromatic heterocycles. The van der Waals surface area contributed by atoms with Crippen molar-refractivity contribution in [3.63, 3.8) is 0 Å². The molecule has 2 aromatic carbocycles. The Balaban J connectivity index is 1.18.